The van der Waals surface area contributed by atoms with Crippen LogP contribution in [-0.4, -0.2) is 5.11 Å². The summed E-state index contributed by atoms with van der Waals surface area (Å²) in [6.45, 7) is 1.57. The molecule has 2 heteroatoms. The molecule has 0 spiro atoms. The van der Waals surface area contributed by atoms with Gasteiger partial charge in [0.05, 0.1) is 0 Å². The van der Waals surface area contributed by atoms with Crippen molar-refractivity contribution in [2.24, 2.45) is 0 Å². The Hall–Kier alpha value is 0.100. The summed E-state index contributed by atoms with van der Waals surface area (Å²) in [5, 5.41) is 7.51. The van der Waals surface area contributed by atoms with E-state index in [2.05, 4.69) is 5.92 Å². The van der Waals surface area contributed by atoms with Crippen LogP contribution in [0.4, 0.5) is 0 Å². The van der Waals surface area contributed by atoms with Gasteiger partial charge in [-0.25, -0.2) is 0 Å². The molecule has 0 aromatic carbocycles. The first-order chi connectivity index (χ1) is 1.91. The standard InChI is InChI=1S/C3H4O.Ag/c1-2-3-4;/h4H,1H3;. The topological polar surface area (TPSA) is 20.2 Å². The summed E-state index contributed by atoms with van der Waals surface area (Å²) in [7, 11) is 0. The van der Waals surface area contributed by atoms with Crippen LogP contribution in [-0.2, 0) is 22.4 Å². The summed E-state index contributed by atoms with van der Waals surface area (Å²) in [5.41, 5.74) is 0. The number of aliphatic hydroxyl groups excluding tert-OH is 1. The van der Waals surface area contributed by atoms with Crippen LogP contribution in [0.3, 0.4) is 0 Å². The molecule has 1 radical (unpaired) electrons. The molecule has 0 aromatic rings. The van der Waals surface area contributed by atoms with Gasteiger partial charge in [-0.1, -0.05) is 5.92 Å². The molecule has 0 fully saturated rings. The first-order valence-corrected chi connectivity index (χ1v) is 0.974. The number of hydrogen-bond donors (Lipinski definition) is 1. The molecule has 0 aliphatic heterocycles. The van der Waals surface area contributed by atoms with Crippen LogP contribution in [0.2, 0.25) is 0 Å². The fraction of sp³-hybridized carbons (Fsp3) is 0.333. The summed E-state index contributed by atoms with van der Waals surface area (Å²) in [6.07, 6.45) is 1.68. The zero-order valence-electron chi connectivity index (χ0n) is 2.75. The van der Waals surface area contributed by atoms with E-state index in [1.54, 1.807) is 13.0 Å². The third kappa shape index (κ3) is 14.9. The third-order valence-electron chi connectivity index (χ3n) is 0.112. The van der Waals surface area contributed by atoms with Crippen molar-refractivity contribution in [3.63, 3.8) is 0 Å². The molecule has 0 atom stereocenters. The molecule has 0 saturated heterocycles. The molecule has 1 N–H and O–H groups in total. The van der Waals surface area contributed by atoms with Crippen LogP contribution in [0, 0.1) is 12.0 Å². The normalized spacial score (nSPS) is 2.60. The van der Waals surface area contributed by atoms with Crippen LogP contribution in [0.1, 0.15) is 6.92 Å². The van der Waals surface area contributed by atoms with E-state index in [9.17, 15) is 0 Å². The molecule has 1 nitrogen and oxygen atoms in total. The molecule has 0 amide bonds. The van der Waals surface area contributed by atoms with Gasteiger partial charge in [0.1, 0.15) is 6.11 Å². The van der Waals surface area contributed by atoms with Crippen molar-refractivity contribution in [2.45, 2.75) is 6.92 Å². The second kappa shape index (κ2) is 8.93. The minimum atomic E-state index is 0. The molecule has 0 aliphatic carbocycles. The Morgan fingerprint density at radius 2 is 1.80 bits per heavy atom. The molecule has 0 bridgehead atoms. The minimum Gasteiger partial charge on any atom is -0.462 e. The summed E-state index contributed by atoms with van der Waals surface area (Å²) in [5.74, 6) is 2.24. The van der Waals surface area contributed by atoms with E-state index < -0.39 is 0 Å². The summed E-state index contributed by atoms with van der Waals surface area (Å²) < 4.78 is 0. The average molecular weight is 164 g/mol. The molecular formula is C3H4AgO. The molecule has 5 heavy (non-hydrogen) atoms. The predicted octanol–water partition coefficient (Wildman–Crippen LogP) is 0.337. The Balaban J connectivity index is 0. The van der Waals surface area contributed by atoms with Gasteiger partial charge in [0.2, 0.25) is 0 Å². The SMILES string of the molecule is CC#CO.[Ag]. The van der Waals surface area contributed by atoms with Crippen LogP contribution in [0.15, 0.2) is 0 Å². The summed E-state index contributed by atoms with van der Waals surface area (Å²) >= 11 is 0. The second-order valence-corrected chi connectivity index (χ2v) is 0.362. The quantitative estimate of drug-likeness (QED) is 0.404. The van der Waals surface area contributed by atoms with E-state index in [0.29, 0.717) is 0 Å². The minimum absolute atomic E-state index is 0. The van der Waals surface area contributed by atoms with Gasteiger partial charge in [-0.3, -0.25) is 0 Å². The van der Waals surface area contributed by atoms with Gasteiger partial charge in [-0.2, -0.15) is 0 Å². The van der Waals surface area contributed by atoms with Crippen molar-refractivity contribution in [3.05, 3.63) is 0 Å². The van der Waals surface area contributed by atoms with Crippen LogP contribution in [0.25, 0.3) is 0 Å². The van der Waals surface area contributed by atoms with E-state index in [0.717, 1.165) is 0 Å². The van der Waals surface area contributed by atoms with E-state index in [1.165, 1.54) is 0 Å². The van der Waals surface area contributed by atoms with Crippen LogP contribution in [0.5, 0.6) is 0 Å². The van der Waals surface area contributed by atoms with Crippen molar-refractivity contribution in [3.8, 4) is 12.0 Å². The molecule has 0 saturated carbocycles. The largest absolute Gasteiger partial charge is 0.462 e. The second-order valence-electron chi connectivity index (χ2n) is 0.362. The van der Waals surface area contributed by atoms with Gasteiger partial charge >= 0.3 is 0 Å². The van der Waals surface area contributed by atoms with Gasteiger partial charge in [0, 0.05) is 29.3 Å². The maximum atomic E-state index is 7.51. The van der Waals surface area contributed by atoms with Gasteiger partial charge in [0.15, 0.2) is 0 Å². The average Bonchev–Trinajstić information content (AvgIpc) is 1.37. The fourth-order valence-electron chi connectivity index (χ4n) is 0. The molecule has 0 heterocycles. The molecule has 0 rings (SSSR count). The summed E-state index contributed by atoms with van der Waals surface area (Å²) in [6, 6.07) is 0. The molecule has 0 aromatic heterocycles. The van der Waals surface area contributed by atoms with Gasteiger partial charge in [-0.15, -0.1) is 0 Å². The van der Waals surface area contributed by atoms with E-state index in [4.69, 9.17) is 5.11 Å². The van der Waals surface area contributed by atoms with Gasteiger partial charge in [0.25, 0.3) is 0 Å². The van der Waals surface area contributed by atoms with Gasteiger partial charge < -0.3 is 5.11 Å². The predicted molar refractivity (Wildman–Crippen MR) is 15.4 cm³/mol. The Kier molecular flexibility index (Phi) is 15.9. The monoisotopic (exact) mass is 163 g/mol. The molecular weight excluding hydrogens is 160 g/mol. The molecule has 33 valence electrons. The number of rotatable bonds is 0. The Morgan fingerprint density at radius 1 is 1.60 bits per heavy atom. The van der Waals surface area contributed by atoms with Gasteiger partial charge in [-0.05, 0) is 0 Å². The van der Waals surface area contributed by atoms with E-state index in [-0.39, 0.29) is 22.4 Å². The van der Waals surface area contributed by atoms with Crippen molar-refractivity contribution in [1.29, 1.82) is 0 Å². The Labute approximate surface area is 46.9 Å². The smallest absolute Gasteiger partial charge is 0.107 e. The van der Waals surface area contributed by atoms with E-state index >= 15 is 0 Å². The van der Waals surface area contributed by atoms with E-state index in [1.807, 2.05) is 0 Å². The van der Waals surface area contributed by atoms with Crippen molar-refractivity contribution in [1.82, 2.24) is 0 Å². The first-order valence-electron chi connectivity index (χ1n) is 0.974. The Morgan fingerprint density at radius 3 is 1.80 bits per heavy atom. The number of aliphatic hydroxyl groups is 1. The van der Waals surface area contributed by atoms with Crippen LogP contribution < -0.4 is 0 Å². The maximum absolute atomic E-state index is 7.51. The van der Waals surface area contributed by atoms with Crippen molar-refractivity contribution >= 4 is 0 Å². The zero-order chi connectivity index (χ0) is 3.41. The zero-order valence-corrected chi connectivity index (χ0v) is 4.23. The maximum Gasteiger partial charge on any atom is 0.107 e. The molecule has 0 aliphatic rings. The Bertz CT molecular complexity index is 43.6. The van der Waals surface area contributed by atoms with Crippen molar-refractivity contribution in [2.75, 3.05) is 0 Å². The van der Waals surface area contributed by atoms with Crippen molar-refractivity contribution < 1.29 is 27.5 Å². The van der Waals surface area contributed by atoms with Crippen LogP contribution >= 0.6 is 0 Å². The summed E-state index contributed by atoms with van der Waals surface area (Å²) in [4.78, 5) is 0. The third-order valence-corrected chi connectivity index (χ3v) is 0.112. The first kappa shape index (κ1) is 8.92. The number of hydrogen-bond acceptors (Lipinski definition) is 1. The molecule has 0 unspecified atom stereocenters. The fourth-order valence-corrected chi connectivity index (χ4v) is 0.